The summed E-state index contributed by atoms with van der Waals surface area (Å²) in [6, 6.07) is 11.1. The smallest absolute Gasteiger partial charge is 0.272 e. The fourth-order valence-corrected chi connectivity index (χ4v) is 4.52. The standard InChI is InChI=1S/C24H25N7O2S/c1-14-10-15(2)27-24(26-14)34-13-22(32)29-25-12-19-11-16(3)30(17(19)4)31-18(5)28-21-9-7-6-8-20(21)23(31)33/h6-12H,13H2,1-5H3,(H,29,32). The predicted octanol–water partition coefficient (Wildman–Crippen LogP) is 3.08. The lowest BCUT2D eigenvalue weighted by molar-refractivity contribution is -0.118. The molecule has 1 aromatic carbocycles. The number of fused-ring (bicyclic) bond motifs is 1. The summed E-state index contributed by atoms with van der Waals surface area (Å²) in [5, 5.41) is 5.21. The third-order valence-corrected chi connectivity index (χ3v) is 6.08. The van der Waals surface area contributed by atoms with Gasteiger partial charge in [-0.1, -0.05) is 23.9 Å². The number of amides is 1. The van der Waals surface area contributed by atoms with Crippen LogP contribution in [-0.2, 0) is 4.79 Å². The van der Waals surface area contributed by atoms with Gasteiger partial charge in [-0.15, -0.1) is 0 Å². The van der Waals surface area contributed by atoms with Crippen LogP contribution in [-0.4, -0.2) is 42.2 Å². The molecule has 0 saturated carbocycles. The highest BCUT2D eigenvalue weighted by Crippen LogP contribution is 2.16. The van der Waals surface area contributed by atoms with Crippen LogP contribution in [0.2, 0.25) is 0 Å². The second kappa shape index (κ2) is 9.60. The van der Waals surface area contributed by atoms with E-state index in [-0.39, 0.29) is 17.2 Å². The number of thioether (sulfide) groups is 1. The first-order valence-electron chi connectivity index (χ1n) is 10.7. The monoisotopic (exact) mass is 475 g/mol. The molecule has 0 radical (unpaired) electrons. The number of carbonyl (C=O) groups excluding carboxylic acids is 1. The van der Waals surface area contributed by atoms with Gasteiger partial charge in [0.05, 0.1) is 22.9 Å². The molecule has 1 amide bonds. The maximum atomic E-state index is 13.2. The van der Waals surface area contributed by atoms with Gasteiger partial charge in [0.2, 0.25) is 0 Å². The Morgan fingerprint density at radius 1 is 1.03 bits per heavy atom. The summed E-state index contributed by atoms with van der Waals surface area (Å²) in [7, 11) is 0. The second-order valence-corrected chi connectivity index (χ2v) is 8.89. The molecule has 34 heavy (non-hydrogen) atoms. The molecule has 174 valence electrons. The summed E-state index contributed by atoms with van der Waals surface area (Å²) in [6.45, 7) is 9.39. The highest BCUT2D eigenvalue weighted by Gasteiger charge is 2.15. The van der Waals surface area contributed by atoms with Crippen molar-refractivity contribution < 1.29 is 4.79 Å². The lowest BCUT2D eigenvalue weighted by atomic mass is 10.2. The SMILES string of the molecule is Cc1cc(C)nc(SCC(=O)NN=Cc2cc(C)n(-n3c(C)nc4ccccc4c3=O)c2C)n1. The molecule has 0 aliphatic rings. The third-order valence-electron chi connectivity index (χ3n) is 5.24. The lowest BCUT2D eigenvalue weighted by Gasteiger charge is -2.16. The van der Waals surface area contributed by atoms with Gasteiger partial charge in [0.15, 0.2) is 5.16 Å². The minimum Gasteiger partial charge on any atom is -0.272 e. The van der Waals surface area contributed by atoms with Crippen LogP contribution < -0.4 is 11.0 Å². The molecule has 10 heteroatoms. The van der Waals surface area contributed by atoms with E-state index in [0.717, 1.165) is 28.3 Å². The van der Waals surface area contributed by atoms with Gasteiger partial charge in [-0.25, -0.2) is 20.4 Å². The number of nitrogens with zero attached hydrogens (tertiary/aromatic N) is 6. The number of aryl methyl sites for hydroxylation is 4. The van der Waals surface area contributed by atoms with Crippen LogP contribution in [0.4, 0.5) is 0 Å². The molecular formula is C24H25N7O2S. The number of hydrogen-bond acceptors (Lipinski definition) is 7. The Morgan fingerprint density at radius 3 is 2.47 bits per heavy atom. The maximum absolute atomic E-state index is 13.2. The zero-order valence-electron chi connectivity index (χ0n) is 19.7. The highest BCUT2D eigenvalue weighted by atomic mass is 32.2. The Kier molecular flexibility index (Phi) is 6.60. The van der Waals surface area contributed by atoms with Crippen molar-refractivity contribution in [3.8, 4) is 0 Å². The molecule has 3 aromatic heterocycles. The molecule has 0 aliphatic carbocycles. The maximum Gasteiger partial charge on any atom is 0.280 e. The van der Waals surface area contributed by atoms with E-state index in [0.29, 0.717) is 21.9 Å². The van der Waals surface area contributed by atoms with Gasteiger partial charge < -0.3 is 0 Å². The normalized spacial score (nSPS) is 11.4. The van der Waals surface area contributed by atoms with Crippen molar-refractivity contribution in [2.45, 2.75) is 39.8 Å². The van der Waals surface area contributed by atoms with Gasteiger partial charge in [0.25, 0.3) is 11.5 Å². The van der Waals surface area contributed by atoms with E-state index < -0.39 is 0 Å². The van der Waals surface area contributed by atoms with Crippen molar-refractivity contribution in [1.29, 1.82) is 0 Å². The molecule has 9 nitrogen and oxygen atoms in total. The fraction of sp³-hybridized carbons (Fsp3) is 0.250. The van der Waals surface area contributed by atoms with E-state index >= 15 is 0 Å². The van der Waals surface area contributed by atoms with Crippen LogP contribution in [0.3, 0.4) is 0 Å². The van der Waals surface area contributed by atoms with E-state index in [1.807, 2.05) is 62.7 Å². The van der Waals surface area contributed by atoms with E-state index in [2.05, 4.69) is 25.5 Å². The van der Waals surface area contributed by atoms with Crippen LogP contribution in [0.25, 0.3) is 10.9 Å². The Morgan fingerprint density at radius 2 is 1.74 bits per heavy atom. The molecule has 3 heterocycles. The van der Waals surface area contributed by atoms with E-state index in [1.165, 1.54) is 11.8 Å². The van der Waals surface area contributed by atoms with Crippen molar-refractivity contribution in [3.63, 3.8) is 0 Å². The molecule has 0 saturated heterocycles. The van der Waals surface area contributed by atoms with Crippen molar-refractivity contribution in [2.75, 3.05) is 5.75 Å². The number of hydrogen-bond donors (Lipinski definition) is 1. The Labute approximate surface area is 200 Å². The Hall–Kier alpha value is -3.79. The fourth-order valence-electron chi connectivity index (χ4n) is 3.78. The number of hydrazone groups is 1. The summed E-state index contributed by atoms with van der Waals surface area (Å²) in [5.74, 6) is 0.466. The molecule has 4 rings (SSSR count). The van der Waals surface area contributed by atoms with Gasteiger partial charge in [-0.3, -0.25) is 14.3 Å². The highest BCUT2D eigenvalue weighted by molar-refractivity contribution is 7.99. The molecule has 0 spiro atoms. The van der Waals surface area contributed by atoms with Gasteiger partial charge in [0.1, 0.15) is 5.82 Å². The first kappa shape index (κ1) is 23.4. The predicted molar refractivity (Wildman–Crippen MR) is 133 cm³/mol. The third kappa shape index (κ3) is 4.76. The average molecular weight is 476 g/mol. The van der Waals surface area contributed by atoms with Gasteiger partial charge in [-0.05, 0) is 58.9 Å². The quantitative estimate of drug-likeness (QED) is 0.199. The molecule has 0 atom stereocenters. The summed E-state index contributed by atoms with van der Waals surface area (Å²) < 4.78 is 3.37. The zero-order chi connectivity index (χ0) is 24.4. The van der Waals surface area contributed by atoms with Gasteiger partial charge in [-0.2, -0.15) is 9.78 Å². The van der Waals surface area contributed by atoms with Crippen LogP contribution >= 0.6 is 11.8 Å². The average Bonchev–Trinajstić information content (AvgIpc) is 3.05. The number of rotatable bonds is 6. The molecule has 0 unspecified atom stereocenters. The summed E-state index contributed by atoms with van der Waals surface area (Å²) >= 11 is 1.26. The zero-order valence-corrected chi connectivity index (χ0v) is 20.5. The van der Waals surface area contributed by atoms with Crippen LogP contribution in [0.15, 0.2) is 51.5 Å². The summed E-state index contributed by atoms with van der Waals surface area (Å²) in [4.78, 5) is 38.6. The van der Waals surface area contributed by atoms with Gasteiger partial charge in [0, 0.05) is 28.3 Å². The van der Waals surface area contributed by atoms with E-state index in [4.69, 9.17) is 0 Å². The summed E-state index contributed by atoms with van der Waals surface area (Å²) in [5.41, 5.74) is 7.20. The van der Waals surface area contributed by atoms with Crippen LogP contribution in [0, 0.1) is 34.6 Å². The lowest BCUT2D eigenvalue weighted by Crippen LogP contribution is -2.30. The number of benzene rings is 1. The number of para-hydroxylation sites is 1. The molecule has 0 fully saturated rings. The second-order valence-electron chi connectivity index (χ2n) is 7.95. The van der Waals surface area contributed by atoms with E-state index in [9.17, 15) is 9.59 Å². The Balaban J connectivity index is 1.51. The Bertz CT molecular complexity index is 1470. The molecule has 0 bridgehead atoms. The van der Waals surface area contributed by atoms with Gasteiger partial charge >= 0.3 is 0 Å². The molecule has 4 aromatic rings. The minimum absolute atomic E-state index is 0.146. The number of carbonyl (C=O) groups is 1. The van der Waals surface area contributed by atoms with Crippen LogP contribution in [0.1, 0.15) is 34.2 Å². The largest absolute Gasteiger partial charge is 0.280 e. The number of aromatic nitrogens is 5. The van der Waals surface area contributed by atoms with Crippen molar-refractivity contribution in [3.05, 3.63) is 80.9 Å². The van der Waals surface area contributed by atoms with E-state index in [1.54, 1.807) is 23.9 Å². The topological polar surface area (TPSA) is 107 Å². The van der Waals surface area contributed by atoms with Crippen LogP contribution in [0.5, 0.6) is 0 Å². The summed E-state index contributed by atoms with van der Waals surface area (Å²) in [6.07, 6.45) is 1.57. The van der Waals surface area contributed by atoms with Crippen molar-refractivity contribution >= 4 is 34.8 Å². The molecule has 1 N–H and O–H groups in total. The first-order valence-corrected chi connectivity index (χ1v) is 11.7. The molecule has 0 aliphatic heterocycles. The number of nitrogens with one attached hydrogen (secondary N) is 1. The van der Waals surface area contributed by atoms with Crippen molar-refractivity contribution in [1.82, 2.24) is 29.7 Å². The minimum atomic E-state index is -0.261. The first-order chi connectivity index (χ1) is 16.2. The molecular weight excluding hydrogens is 450 g/mol. The van der Waals surface area contributed by atoms with Crippen molar-refractivity contribution in [2.24, 2.45) is 5.10 Å².